The quantitative estimate of drug-likeness (QED) is 0.281. The topological polar surface area (TPSA) is 131 Å². The number of halogens is 2. The first-order chi connectivity index (χ1) is 13.7. The van der Waals surface area contributed by atoms with Gasteiger partial charge in [0.1, 0.15) is 5.69 Å². The van der Waals surface area contributed by atoms with E-state index in [-0.39, 0.29) is 39.2 Å². The first kappa shape index (κ1) is 22.2. The van der Waals surface area contributed by atoms with E-state index in [1.165, 1.54) is 24.3 Å². The molecule has 1 amide bonds. The van der Waals surface area contributed by atoms with Gasteiger partial charge in [0, 0.05) is 30.7 Å². The van der Waals surface area contributed by atoms with Gasteiger partial charge in [0.15, 0.2) is 0 Å². The molecule has 0 radical (unpaired) electrons. The maximum absolute atomic E-state index is 12.6. The summed E-state index contributed by atoms with van der Waals surface area (Å²) in [7, 11) is 0. The van der Waals surface area contributed by atoms with Crippen molar-refractivity contribution in [3.63, 3.8) is 0 Å². The Balaban J connectivity index is 2.41. The highest BCUT2D eigenvalue weighted by Crippen LogP contribution is 2.33. The summed E-state index contributed by atoms with van der Waals surface area (Å²) < 4.78 is 0. The zero-order chi connectivity index (χ0) is 21.6. The van der Waals surface area contributed by atoms with Crippen LogP contribution in [0.3, 0.4) is 0 Å². The molecule has 0 fully saturated rings. The van der Waals surface area contributed by atoms with E-state index in [1.807, 2.05) is 6.92 Å². The van der Waals surface area contributed by atoms with Crippen LogP contribution < -0.4 is 5.01 Å². The van der Waals surface area contributed by atoms with E-state index in [0.29, 0.717) is 6.42 Å². The van der Waals surface area contributed by atoms with Gasteiger partial charge < -0.3 is 0 Å². The van der Waals surface area contributed by atoms with Gasteiger partial charge in [0.05, 0.1) is 25.6 Å². The van der Waals surface area contributed by atoms with Gasteiger partial charge in [-0.1, -0.05) is 41.8 Å². The first-order valence-corrected chi connectivity index (χ1v) is 9.12. The summed E-state index contributed by atoms with van der Waals surface area (Å²) >= 11 is 12.1. The van der Waals surface area contributed by atoms with E-state index in [4.69, 9.17) is 23.2 Å². The third-order valence-corrected chi connectivity index (χ3v) is 4.34. The smallest absolute Gasteiger partial charge is 0.271 e. The minimum atomic E-state index is -0.614. The van der Waals surface area contributed by atoms with Crippen LogP contribution in [0.15, 0.2) is 46.7 Å². The number of hydrogen-bond acceptors (Lipinski definition) is 7. The van der Waals surface area contributed by atoms with Crippen molar-refractivity contribution in [2.75, 3.05) is 5.01 Å². The highest BCUT2D eigenvalue weighted by Gasteiger charge is 2.21. The molecule has 0 aliphatic heterocycles. The van der Waals surface area contributed by atoms with E-state index < -0.39 is 15.8 Å². The van der Waals surface area contributed by atoms with E-state index in [0.717, 1.165) is 23.6 Å². The molecule has 0 aliphatic rings. The van der Waals surface area contributed by atoms with E-state index in [9.17, 15) is 25.0 Å². The third-order valence-electron chi connectivity index (χ3n) is 3.73. The maximum atomic E-state index is 12.6. The van der Waals surface area contributed by atoms with Crippen LogP contribution in [0.5, 0.6) is 0 Å². The van der Waals surface area contributed by atoms with Crippen LogP contribution in [0.2, 0.25) is 10.0 Å². The molecule has 2 rings (SSSR count). The van der Waals surface area contributed by atoms with Gasteiger partial charge in [-0.15, -0.1) is 5.11 Å². The zero-order valence-electron chi connectivity index (χ0n) is 15.1. The van der Waals surface area contributed by atoms with Crippen LogP contribution >= 0.6 is 23.2 Å². The molecular weight excluding hydrogens is 425 g/mol. The van der Waals surface area contributed by atoms with E-state index in [2.05, 4.69) is 10.3 Å². The predicted molar refractivity (Wildman–Crippen MR) is 108 cm³/mol. The SMILES string of the molecule is CCCCC(=O)N(N=Nc1ccc([N+](=O)[O-])cc1Cl)c1ccc([N+](=O)[O-])cc1Cl. The summed E-state index contributed by atoms with van der Waals surface area (Å²) in [6.07, 6.45) is 1.50. The third kappa shape index (κ3) is 5.69. The number of non-ortho nitro benzene ring substituents is 2. The molecule has 12 heteroatoms. The summed E-state index contributed by atoms with van der Waals surface area (Å²) in [6.45, 7) is 1.91. The van der Waals surface area contributed by atoms with Gasteiger partial charge >= 0.3 is 0 Å². The molecule has 0 aliphatic carbocycles. The van der Waals surface area contributed by atoms with Gasteiger partial charge in [0.2, 0.25) is 5.91 Å². The highest BCUT2D eigenvalue weighted by atomic mass is 35.5. The number of anilines is 1. The second-order valence-electron chi connectivity index (χ2n) is 5.78. The molecule has 0 bridgehead atoms. The van der Waals surface area contributed by atoms with Crippen LogP contribution in [-0.2, 0) is 4.79 Å². The van der Waals surface area contributed by atoms with E-state index in [1.54, 1.807) is 0 Å². The summed E-state index contributed by atoms with van der Waals surface area (Å²) in [5.41, 5.74) is -0.248. The van der Waals surface area contributed by atoms with Crippen LogP contribution in [0.4, 0.5) is 22.7 Å². The van der Waals surface area contributed by atoms with Gasteiger partial charge in [-0.25, -0.2) is 0 Å². The molecule has 2 aromatic rings. The lowest BCUT2D eigenvalue weighted by molar-refractivity contribution is -0.385. The lowest BCUT2D eigenvalue weighted by atomic mass is 10.2. The van der Waals surface area contributed by atoms with E-state index >= 15 is 0 Å². The van der Waals surface area contributed by atoms with Crippen molar-refractivity contribution < 1.29 is 14.6 Å². The van der Waals surface area contributed by atoms with Crippen molar-refractivity contribution in [3.8, 4) is 0 Å². The van der Waals surface area contributed by atoms with Gasteiger partial charge in [-0.3, -0.25) is 25.0 Å². The lowest BCUT2D eigenvalue weighted by Gasteiger charge is -2.17. The summed E-state index contributed by atoms with van der Waals surface area (Å²) in [5.74, 6) is -0.426. The number of hydrogen-bond donors (Lipinski definition) is 0. The molecule has 0 aromatic heterocycles. The molecule has 0 unspecified atom stereocenters. The summed E-state index contributed by atoms with van der Waals surface area (Å²) in [4.78, 5) is 33.0. The Morgan fingerprint density at radius 3 is 2.14 bits per heavy atom. The number of carbonyl (C=O) groups excluding carboxylic acids is 1. The Bertz CT molecular complexity index is 983. The molecule has 0 saturated carbocycles. The normalized spacial score (nSPS) is 10.9. The van der Waals surface area contributed by atoms with Gasteiger partial charge in [0.25, 0.3) is 11.4 Å². The Morgan fingerprint density at radius 2 is 1.62 bits per heavy atom. The zero-order valence-corrected chi connectivity index (χ0v) is 16.6. The van der Waals surface area contributed by atoms with Crippen molar-refractivity contribution in [2.45, 2.75) is 26.2 Å². The average Bonchev–Trinajstić information content (AvgIpc) is 2.68. The van der Waals surface area contributed by atoms with Gasteiger partial charge in [-0.05, 0) is 18.6 Å². The largest absolute Gasteiger partial charge is 0.273 e. The molecule has 152 valence electrons. The standard InChI is InChI=1S/C17H15Cl2N5O5/c1-2-3-4-17(25)22(16-8-6-12(24(28)29)10-14(16)19)21-20-15-7-5-11(23(26)27)9-13(15)18/h5-10H,2-4H2,1H3. The van der Waals surface area contributed by atoms with Crippen LogP contribution in [-0.4, -0.2) is 15.8 Å². The Kier molecular flexibility index (Phi) is 7.57. The number of nitro benzene ring substituents is 2. The fourth-order valence-corrected chi connectivity index (χ4v) is 2.70. The number of nitro groups is 2. The molecule has 2 aromatic carbocycles. The number of nitrogens with zero attached hydrogens (tertiary/aromatic N) is 5. The number of carbonyl (C=O) groups is 1. The molecular formula is C17H15Cl2N5O5. The Hall–Kier alpha value is -3.11. The van der Waals surface area contributed by atoms with Crippen LogP contribution in [0.25, 0.3) is 0 Å². The fraction of sp³-hybridized carbons (Fsp3) is 0.235. The molecule has 0 spiro atoms. The van der Waals surface area contributed by atoms with Crippen molar-refractivity contribution >= 4 is 51.9 Å². The number of amides is 1. The molecule has 0 heterocycles. The number of benzene rings is 2. The number of rotatable bonds is 8. The minimum absolute atomic E-state index is 0.0290. The second-order valence-corrected chi connectivity index (χ2v) is 6.60. The van der Waals surface area contributed by atoms with Gasteiger partial charge in [-0.2, -0.15) is 5.01 Å². The minimum Gasteiger partial charge on any atom is -0.273 e. The van der Waals surface area contributed by atoms with Crippen LogP contribution in [0, 0.1) is 20.2 Å². The molecule has 0 saturated heterocycles. The average molecular weight is 440 g/mol. The summed E-state index contributed by atoms with van der Waals surface area (Å²) in [5, 5.41) is 30.3. The lowest BCUT2D eigenvalue weighted by Crippen LogP contribution is -2.25. The van der Waals surface area contributed by atoms with Crippen LogP contribution in [0.1, 0.15) is 26.2 Å². The fourth-order valence-electron chi connectivity index (χ4n) is 2.23. The number of unbranched alkanes of at least 4 members (excludes halogenated alkanes) is 1. The maximum Gasteiger partial charge on any atom is 0.271 e. The molecule has 0 atom stereocenters. The Morgan fingerprint density at radius 1 is 1.03 bits per heavy atom. The van der Waals surface area contributed by atoms with Crippen molar-refractivity contribution in [1.82, 2.24) is 0 Å². The summed E-state index contributed by atoms with van der Waals surface area (Å²) in [6, 6.07) is 7.18. The second kappa shape index (κ2) is 9.89. The van der Waals surface area contributed by atoms with Crippen molar-refractivity contribution in [2.24, 2.45) is 10.3 Å². The molecule has 29 heavy (non-hydrogen) atoms. The van der Waals surface area contributed by atoms with Crippen molar-refractivity contribution in [3.05, 3.63) is 66.7 Å². The van der Waals surface area contributed by atoms with Crippen molar-refractivity contribution in [1.29, 1.82) is 0 Å². The molecule has 0 N–H and O–H groups in total. The Labute approximate surface area is 175 Å². The highest BCUT2D eigenvalue weighted by molar-refractivity contribution is 6.34. The first-order valence-electron chi connectivity index (χ1n) is 8.37. The predicted octanol–water partition coefficient (Wildman–Crippen LogP) is 6.03. The molecule has 10 nitrogen and oxygen atoms in total. The monoisotopic (exact) mass is 439 g/mol.